The van der Waals surface area contributed by atoms with Crippen LogP contribution in [0.25, 0.3) is 11.0 Å². The van der Waals surface area contributed by atoms with Crippen LogP contribution in [0.15, 0.2) is 69.0 Å². The highest BCUT2D eigenvalue weighted by molar-refractivity contribution is 7.89. The minimum absolute atomic E-state index is 0.159. The number of hydrogen-bond acceptors (Lipinski definition) is 5. The molecule has 0 atom stereocenters. The normalized spacial score (nSPS) is 12.2. The van der Waals surface area contributed by atoms with Crippen LogP contribution in [-0.4, -0.2) is 23.7 Å². The molecule has 0 aliphatic heterocycles. The highest BCUT2D eigenvalue weighted by atomic mass is 32.2. The van der Waals surface area contributed by atoms with Crippen molar-refractivity contribution >= 4 is 21.0 Å². The summed E-state index contributed by atoms with van der Waals surface area (Å²) in [5.41, 5.74) is 0.699. The Morgan fingerprint density at radius 2 is 1.96 bits per heavy atom. The standard InChI is InChI=1S/C18H18N2O4S/c1-13(2)20(12-14-4-3-9-19-11-14)25(22,23)16-6-7-17-15(10-16)5-8-18(21)24-17/h3-11,13H,12H2,1-2H3. The molecular formula is C18H18N2O4S. The minimum atomic E-state index is -3.71. The summed E-state index contributed by atoms with van der Waals surface area (Å²) in [7, 11) is -3.71. The Bertz CT molecular complexity index is 1040. The van der Waals surface area contributed by atoms with Gasteiger partial charge in [0, 0.05) is 36.4 Å². The van der Waals surface area contributed by atoms with E-state index < -0.39 is 15.6 Å². The fourth-order valence-electron chi connectivity index (χ4n) is 2.56. The Morgan fingerprint density at radius 3 is 2.64 bits per heavy atom. The van der Waals surface area contributed by atoms with Gasteiger partial charge < -0.3 is 4.42 Å². The van der Waals surface area contributed by atoms with E-state index in [0.717, 1.165) is 5.56 Å². The zero-order valence-electron chi connectivity index (χ0n) is 13.9. The van der Waals surface area contributed by atoms with Crippen LogP contribution in [0.5, 0.6) is 0 Å². The van der Waals surface area contributed by atoms with Crippen LogP contribution in [0.4, 0.5) is 0 Å². The van der Waals surface area contributed by atoms with Crippen molar-refractivity contribution in [3.8, 4) is 0 Å². The smallest absolute Gasteiger partial charge is 0.336 e. The first-order valence-corrected chi connectivity index (χ1v) is 9.26. The highest BCUT2D eigenvalue weighted by Gasteiger charge is 2.27. The van der Waals surface area contributed by atoms with Gasteiger partial charge in [0.1, 0.15) is 5.58 Å². The van der Waals surface area contributed by atoms with Gasteiger partial charge >= 0.3 is 5.63 Å². The third-order valence-electron chi connectivity index (χ3n) is 3.83. The van der Waals surface area contributed by atoms with Gasteiger partial charge in [-0.2, -0.15) is 4.31 Å². The molecule has 0 amide bonds. The summed E-state index contributed by atoms with van der Waals surface area (Å²) in [5, 5.41) is 0.561. The molecule has 0 unspecified atom stereocenters. The predicted molar refractivity (Wildman–Crippen MR) is 94.6 cm³/mol. The van der Waals surface area contributed by atoms with Crippen molar-refractivity contribution in [2.45, 2.75) is 31.3 Å². The average molecular weight is 358 g/mol. The molecule has 0 fully saturated rings. The molecule has 0 radical (unpaired) electrons. The van der Waals surface area contributed by atoms with Gasteiger partial charge in [-0.3, -0.25) is 4.98 Å². The Kier molecular flexibility index (Phi) is 4.69. The quantitative estimate of drug-likeness (QED) is 0.655. The molecule has 3 rings (SSSR count). The Labute approximate surface area is 145 Å². The van der Waals surface area contributed by atoms with E-state index in [0.29, 0.717) is 11.0 Å². The molecule has 2 aromatic heterocycles. The van der Waals surface area contributed by atoms with Crippen LogP contribution in [0, 0.1) is 0 Å². The third-order valence-corrected chi connectivity index (χ3v) is 5.85. The zero-order valence-corrected chi connectivity index (χ0v) is 14.7. The lowest BCUT2D eigenvalue weighted by Gasteiger charge is -2.26. The van der Waals surface area contributed by atoms with E-state index in [-0.39, 0.29) is 17.5 Å². The fourth-order valence-corrected chi connectivity index (χ4v) is 4.22. The molecule has 0 saturated heterocycles. The molecule has 0 spiro atoms. The van der Waals surface area contributed by atoms with Crippen molar-refractivity contribution in [2.75, 3.05) is 0 Å². The summed E-state index contributed by atoms with van der Waals surface area (Å²) in [6.07, 6.45) is 3.30. The van der Waals surface area contributed by atoms with Crippen molar-refractivity contribution in [3.63, 3.8) is 0 Å². The van der Waals surface area contributed by atoms with E-state index >= 15 is 0 Å². The number of fused-ring (bicyclic) bond motifs is 1. The van der Waals surface area contributed by atoms with Gasteiger partial charge in [0.2, 0.25) is 10.0 Å². The molecule has 0 saturated carbocycles. The topological polar surface area (TPSA) is 80.5 Å². The number of pyridine rings is 1. The maximum atomic E-state index is 13.1. The van der Waals surface area contributed by atoms with Crippen molar-refractivity contribution < 1.29 is 12.8 Å². The highest BCUT2D eigenvalue weighted by Crippen LogP contribution is 2.24. The van der Waals surface area contributed by atoms with E-state index in [9.17, 15) is 13.2 Å². The second kappa shape index (κ2) is 6.78. The minimum Gasteiger partial charge on any atom is -0.423 e. The molecule has 7 heteroatoms. The van der Waals surface area contributed by atoms with Crippen LogP contribution >= 0.6 is 0 Å². The van der Waals surface area contributed by atoms with Crippen LogP contribution in [-0.2, 0) is 16.6 Å². The van der Waals surface area contributed by atoms with Crippen LogP contribution < -0.4 is 5.63 Å². The molecule has 0 N–H and O–H groups in total. The van der Waals surface area contributed by atoms with Crippen LogP contribution in [0.2, 0.25) is 0 Å². The van der Waals surface area contributed by atoms with Gasteiger partial charge in [-0.05, 0) is 49.7 Å². The SMILES string of the molecule is CC(C)N(Cc1cccnc1)S(=O)(=O)c1ccc2oc(=O)ccc2c1. The number of aromatic nitrogens is 1. The lowest BCUT2D eigenvalue weighted by atomic mass is 10.2. The van der Waals surface area contributed by atoms with Gasteiger partial charge in [0.05, 0.1) is 4.90 Å². The predicted octanol–water partition coefficient (Wildman–Crippen LogP) is 2.79. The van der Waals surface area contributed by atoms with Gasteiger partial charge in [0.15, 0.2) is 0 Å². The van der Waals surface area contributed by atoms with E-state index in [1.54, 1.807) is 24.5 Å². The van der Waals surface area contributed by atoms with Crippen molar-refractivity contribution in [3.05, 3.63) is 70.8 Å². The second-order valence-electron chi connectivity index (χ2n) is 5.96. The maximum absolute atomic E-state index is 13.1. The summed E-state index contributed by atoms with van der Waals surface area (Å²) in [5.74, 6) is 0. The van der Waals surface area contributed by atoms with E-state index in [4.69, 9.17) is 4.42 Å². The molecular weight excluding hydrogens is 340 g/mol. The van der Waals surface area contributed by atoms with Crippen LogP contribution in [0.3, 0.4) is 0 Å². The van der Waals surface area contributed by atoms with E-state index in [1.165, 1.54) is 28.6 Å². The number of nitrogens with zero attached hydrogens (tertiary/aromatic N) is 2. The number of benzene rings is 1. The fraction of sp³-hybridized carbons (Fsp3) is 0.222. The van der Waals surface area contributed by atoms with Gasteiger partial charge in [-0.25, -0.2) is 13.2 Å². The maximum Gasteiger partial charge on any atom is 0.336 e. The molecule has 1 aromatic carbocycles. The summed E-state index contributed by atoms with van der Waals surface area (Å²) in [4.78, 5) is 15.5. The van der Waals surface area contributed by atoms with E-state index in [2.05, 4.69) is 4.98 Å². The second-order valence-corrected chi connectivity index (χ2v) is 7.85. The molecule has 0 aliphatic carbocycles. The summed E-state index contributed by atoms with van der Waals surface area (Å²) < 4.78 is 32.7. The van der Waals surface area contributed by atoms with Gasteiger partial charge in [-0.15, -0.1) is 0 Å². The Hall–Kier alpha value is -2.51. The number of sulfonamides is 1. The van der Waals surface area contributed by atoms with Crippen molar-refractivity contribution in [1.82, 2.24) is 9.29 Å². The molecule has 0 aliphatic rings. The zero-order chi connectivity index (χ0) is 18.0. The Balaban J connectivity index is 2.03. The molecule has 6 nitrogen and oxygen atoms in total. The van der Waals surface area contributed by atoms with Crippen molar-refractivity contribution in [2.24, 2.45) is 0 Å². The molecule has 25 heavy (non-hydrogen) atoms. The molecule has 0 bridgehead atoms. The summed E-state index contributed by atoms with van der Waals surface area (Å²) in [6, 6.07) is 10.7. The molecule has 2 heterocycles. The first-order chi connectivity index (χ1) is 11.9. The lowest BCUT2D eigenvalue weighted by molar-refractivity contribution is 0.348. The summed E-state index contributed by atoms with van der Waals surface area (Å²) in [6.45, 7) is 3.89. The number of rotatable bonds is 5. The first-order valence-electron chi connectivity index (χ1n) is 7.82. The average Bonchev–Trinajstić information content (AvgIpc) is 2.59. The van der Waals surface area contributed by atoms with E-state index in [1.807, 2.05) is 19.9 Å². The summed E-state index contributed by atoms with van der Waals surface area (Å²) >= 11 is 0. The monoisotopic (exact) mass is 358 g/mol. The molecule has 3 aromatic rings. The van der Waals surface area contributed by atoms with Crippen LogP contribution in [0.1, 0.15) is 19.4 Å². The molecule has 130 valence electrons. The number of hydrogen-bond donors (Lipinski definition) is 0. The first kappa shape index (κ1) is 17.3. The van der Waals surface area contributed by atoms with Gasteiger partial charge in [0.25, 0.3) is 0 Å². The van der Waals surface area contributed by atoms with Gasteiger partial charge in [-0.1, -0.05) is 6.07 Å². The Morgan fingerprint density at radius 1 is 1.16 bits per heavy atom. The third kappa shape index (κ3) is 3.62. The lowest BCUT2D eigenvalue weighted by Crippen LogP contribution is -2.36. The largest absolute Gasteiger partial charge is 0.423 e. The van der Waals surface area contributed by atoms with Crippen molar-refractivity contribution in [1.29, 1.82) is 0 Å².